The first-order valence-corrected chi connectivity index (χ1v) is 9.52. The summed E-state index contributed by atoms with van der Waals surface area (Å²) in [6, 6.07) is 8.95. The van der Waals surface area contributed by atoms with Crippen molar-refractivity contribution >= 4 is 0 Å². The van der Waals surface area contributed by atoms with E-state index < -0.39 is 0 Å². The van der Waals surface area contributed by atoms with Crippen molar-refractivity contribution in [3.8, 4) is 11.6 Å². The van der Waals surface area contributed by atoms with Gasteiger partial charge in [0, 0.05) is 19.3 Å². The Bertz CT molecular complexity index is 886. The minimum Gasteiger partial charge on any atom is -0.419 e. The zero-order valence-electron chi connectivity index (χ0n) is 16.1. The molecule has 140 valence electrons. The summed E-state index contributed by atoms with van der Waals surface area (Å²) in [4.78, 5) is 11.0. The van der Waals surface area contributed by atoms with E-state index in [0.717, 1.165) is 31.7 Å². The van der Waals surface area contributed by atoms with E-state index in [1.54, 1.807) is 12.4 Å². The zero-order chi connectivity index (χ0) is 18.8. The molecule has 0 aliphatic carbocycles. The van der Waals surface area contributed by atoms with E-state index in [1.165, 1.54) is 11.1 Å². The van der Waals surface area contributed by atoms with Gasteiger partial charge in [-0.25, -0.2) is 4.98 Å². The smallest absolute Gasteiger partial charge is 0.267 e. The van der Waals surface area contributed by atoms with Gasteiger partial charge >= 0.3 is 0 Å². The zero-order valence-corrected chi connectivity index (χ0v) is 16.1. The predicted molar refractivity (Wildman–Crippen MR) is 103 cm³/mol. The van der Waals surface area contributed by atoms with Crippen molar-refractivity contribution in [1.29, 1.82) is 0 Å². The molecule has 1 aliphatic rings. The van der Waals surface area contributed by atoms with Gasteiger partial charge in [-0.2, -0.15) is 0 Å². The van der Waals surface area contributed by atoms with Crippen LogP contribution in [0, 0.1) is 6.92 Å². The fourth-order valence-electron chi connectivity index (χ4n) is 3.45. The highest BCUT2D eigenvalue weighted by atomic mass is 16.4. The van der Waals surface area contributed by atoms with Gasteiger partial charge in [0.1, 0.15) is 5.69 Å². The van der Waals surface area contributed by atoms with Crippen molar-refractivity contribution in [2.24, 2.45) is 0 Å². The van der Waals surface area contributed by atoms with Crippen LogP contribution < -0.4 is 0 Å². The average molecular weight is 363 g/mol. The normalized spacial score (nSPS) is 17.7. The molecule has 0 N–H and O–H groups in total. The highest BCUT2D eigenvalue weighted by molar-refractivity contribution is 5.43. The van der Waals surface area contributed by atoms with Crippen LogP contribution in [0.15, 0.2) is 41.1 Å². The monoisotopic (exact) mass is 363 g/mol. The van der Waals surface area contributed by atoms with Crippen molar-refractivity contribution < 1.29 is 4.42 Å². The van der Waals surface area contributed by atoms with E-state index in [4.69, 9.17) is 4.42 Å². The molecule has 1 fully saturated rings. The summed E-state index contributed by atoms with van der Waals surface area (Å²) in [6.45, 7) is 9.28. The summed E-state index contributed by atoms with van der Waals surface area (Å²) >= 11 is 0. The Morgan fingerprint density at radius 2 is 1.93 bits per heavy atom. The van der Waals surface area contributed by atoms with Crippen LogP contribution in [0.2, 0.25) is 0 Å². The van der Waals surface area contributed by atoms with Crippen molar-refractivity contribution in [2.45, 2.75) is 45.6 Å². The molecule has 1 unspecified atom stereocenters. The summed E-state index contributed by atoms with van der Waals surface area (Å²) < 4.78 is 5.88. The molecule has 3 aromatic rings. The van der Waals surface area contributed by atoms with Gasteiger partial charge in [-0.3, -0.25) is 9.88 Å². The SMILES string of the molecule is Cc1cnc(-c2nnc(C3CCN(Cc4ccc(C(C)C)cc4)C3)o2)cn1. The molecule has 2 aromatic heterocycles. The van der Waals surface area contributed by atoms with Crippen molar-refractivity contribution in [3.05, 3.63) is 59.4 Å². The maximum Gasteiger partial charge on any atom is 0.267 e. The number of aryl methyl sites for hydroxylation is 1. The number of hydrogen-bond acceptors (Lipinski definition) is 6. The minimum absolute atomic E-state index is 0.277. The number of hydrogen-bond donors (Lipinski definition) is 0. The largest absolute Gasteiger partial charge is 0.419 e. The summed E-state index contributed by atoms with van der Waals surface area (Å²) in [5.74, 6) is 1.99. The Morgan fingerprint density at radius 1 is 1.11 bits per heavy atom. The summed E-state index contributed by atoms with van der Waals surface area (Å²) in [5, 5.41) is 8.42. The summed E-state index contributed by atoms with van der Waals surface area (Å²) in [6.07, 6.45) is 4.42. The van der Waals surface area contributed by atoms with E-state index in [0.29, 0.717) is 23.4 Å². The predicted octanol–water partition coefficient (Wildman–Crippen LogP) is 3.95. The topological polar surface area (TPSA) is 67.9 Å². The van der Waals surface area contributed by atoms with Gasteiger partial charge in [0.05, 0.1) is 17.8 Å². The van der Waals surface area contributed by atoms with Gasteiger partial charge < -0.3 is 4.42 Å². The lowest BCUT2D eigenvalue weighted by atomic mass is 10.0. The molecule has 0 saturated carbocycles. The fraction of sp³-hybridized carbons (Fsp3) is 0.429. The fourth-order valence-corrected chi connectivity index (χ4v) is 3.45. The summed E-state index contributed by atoms with van der Waals surface area (Å²) in [5.41, 5.74) is 4.22. The molecule has 6 nitrogen and oxygen atoms in total. The molecule has 6 heteroatoms. The van der Waals surface area contributed by atoms with Gasteiger partial charge in [-0.15, -0.1) is 10.2 Å². The third kappa shape index (κ3) is 4.06. The van der Waals surface area contributed by atoms with Crippen LogP contribution in [-0.2, 0) is 6.54 Å². The first-order chi connectivity index (χ1) is 13.1. The number of likely N-dealkylation sites (tertiary alicyclic amines) is 1. The van der Waals surface area contributed by atoms with Gasteiger partial charge in [-0.05, 0) is 36.9 Å². The molecule has 27 heavy (non-hydrogen) atoms. The third-order valence-electron chi connectivity index (χ3n) is 5.11. The second-order valence-corrected chi connectivity index (χ2v) is 7.61. The molecule has 1 aliphatic heterocycles. The second kappa shape index (κ2) is 7.56. The van der Waals surface area contributed by atoms with Crippen LogP contribution in [0.5, 0.6) is 0 Å². The van der Waals surface area contributed by atoms with Crippen LogP contribution in [-0.4, -0.2) is 38.2 Å². The number of rotatable bonds is 5. The Balaban J connectivity index is 1.39. The first kappa shape index (κ1) is 17.8. The quantitative estimate of drug-likeness (QED) is 0.684. The molecule has 1 aromatic carbocycles. The molecule has 0 spiro atoms. The highest BCUT2D eigenvalue weighted by Crippen LogP contribution is 2.29. The van der Waals surface area contributed by atoms with E-state index in [9.17, 15) is 0 Å². The molecule has 1 saturated heterocycles. The molecule has 0 bridgehead atoms. The van der Waals surface area contributed by atoms with Crippen molar-refractivity contribution in [2.75, 3.05) is 13.1 Å². The first-order valence-electron chi connectivity index (χ1n) is 9.52. The van der Waals surface area contributed by atoms with Crippen LogP contribution in [0.3, 0.4) is 0 Å². The third-order valence-corrected chi connectivity index (χ3v) is 5.11. The molecule has 0 radical (unpaired) electrons. The van der Waals surface area contributed by atoms with Crippen LogP contribution in [0.4, 0.5) is 0 Å². The minimum atomic E-state index is 0.277. The lowest BCUT2D eigenvalue weighted by molar-refractivity contribution is 0.320. The van der Waals surface area contributed by atoms with Gasteiger partial charge in [0.25, 0.3) is 5.89 Å². The molecule has 4 rings (SSSR count). The van der Waals surface area contributed by atoms with E-state index in [1.807, 2.05) is 6.92 Å². The highest BCUT2D eigenvalue weighted by Gasteiger charge is 2.28. The second-order valence-electron chi connectivity index (χ2n) is 7.61. The molecule has 3 heterocycles. The van der Waals surface area contributed by atoms with Crippen molar-refractivity contribution in [1.82, 2.24) is 25.1 Å². The van der Waals surface area contributed by atoms with Gasteiger partial charge in [0.15, 0.2) is 0 Å². The maximum atomic E-state index is 5.88. The molecular weight excluding hydrogens is 338 g/mol. The number of aromatic nitrogens is 4. The molecule has 1 atom stereocenters. The van der Waals surface area contributed by atoms with E-state index >= 15 is 0 Å². The van der Waals surface area contributed by atoms with Crippen molar-refractivity contribution in [3.63, 3.8) is 0 Å². The van der Waals surface area contributed by atoms with Crippen LogP contribution >= 0.6 is 0 Å². The Labute approximate surface area is 159 Å². The average Bonchev–Trinajstić information content (AvgIpc) is 3.32. The Morgan fingerprint density at radius 3 is 2.63 bits per heavy atom. The van der Waals surface area contributed by atoms with Crippen LogP contribution in [0.25, 0.3) is 11.6 Å². The molecular formula is C21H25N5O. The standard InChI is InChI=1S/C21H25N5O/c1-14(2)17-6-4-16(5-7-17)12-26-9-8-18(13-26)20-24-25-21(27-20)19-11-22-15(3)10-23-19/h4-7,10-11,14,18H,8-9,12-13H2,1-3H3. The van der Waals surface area contributed by atoms with E-state index in [-0.39, 0.29) is 5.92 Å². The Kier molecular flexibility index (Phi) is 4.99. The lowest BCUT2D eigenvalue weighted by Crippen LogP contribution is -2.19. The number of benzene rings is 1. The summed E-state index contributed by atoms with van der Waals surface area (Å²) in [7, 11) is 0. The number of nitrogens with zero attached hydrogens (tertiary/aromatic N) is 5. The van der Waals surface area contributed by atoms with Gasteiger partial charge in [-0.1, -0.05) is 38.1 Å². The molecule has 0 amide bonds. The Hall–Kier alpha value is -2.60. The van der Waals surface area contributed by atoms with Gasteiger partial charge in [0.2, 0.25) is 5.89 Å². The van der Waals surface area contributed by atoms with E-state index in [2.05, 4.69) is 63.2 Å². The lowest BCUT2D eigenvalue weighted by Gasteiger charge is -2.16. The van der Waals surface area contributed by atoms with Crippen LogP contribution in [0.1, 0.15) is 54.8 Å². The maximum absolute atomic E-state index is 5.88.